The van der Waals surface area contributed by atoms with Gasteiger partial charge in [-0.3, -0.25) is 4.79 Å². The average molecular weight is 248 g/mol. The van der Waals surface area contributed by atoms with Gasteiger partial charge in [-0.2, -0.15) is 0 Å². The van der Waals surface area contributed by atoms with Gasteiger partial charge in [-0.05, 0) is 44.4 Å². The number of piperidine rings is 1. The van der Waals surface area contributed by atoms with Gasteiger partial charge in [0.15, 0.2) is 0 Å². The monoisotopic (exact) mass is 248 g/mol. The number of amides is 1. The molecule has 2 N–H and O–H groups in total. The van der Waals surface area contributed by atoms with Crippen molar-refractivity contribution in [2.75, 3.05) is 19.4 Å². The van der Waals surface area contributed by atoms with Crippen molar-refractivity contribution >= 4 is 11.6 Å². The lowest BCUT2D eigenvalue weighted by molar-refractivity contribution is 0.0636. The molecule has 4 nitrogen and oxygen atoms in total. The number of rotatable bonds is 2. The Morgan fingerprint density at radius 2 is 2.22 bits per heavy atom. The van der Waals surface area contributed by atoms with Gasteiger partial charge < -0.3 is 15.4 Å². The first-order valence-corrected chi connectivity index (χ1v) is 6.38. The molecule has 1 heterocycles. The second kappa shape index (κ2) is 5.29. The molecular formula is C14H20N2O2. The lowest BCUT2D eigenvalue weighted by Gasteiger charge is -2.33. The highest BCUT2D eigenvalue weighted by molar-refractivity contribution is 5.99. The van der Waals surface area contributed by atoms with E-state index in [2.05, 4.69) is 6.92 Å². The van der Waals surface area contributed by atoms with Crippen molar-refractivity contribution in [3.8, 4) is 5.75 Å². The van der Waals surface area contributed by atoms with Crippen molar-refractivity contribution in [3.05, 3.63) is 23.8 Å². The fourth-order valence-corrected chi connectivity index (χ4v) is 2.40. The van der Waals surface area contributed by atoms with E-state index in [-0.39, 0.29) is 11.9 Å². The number of methoxy groups -OCH3 is 1. The molecular weight excluding hydrogens is 228 g/mol. The second-order valence-corrected chi connectivity index (χ2v) is 4.80. The molecule has 1 atom stereocenters. The highest BCUT2D eigenvalue weighted by atomic mass is 16.5. The smallest absolute Gasteiger partial charge is 0.256 e. The standard InChI is InChI=1S/C14H20N2O2/c1-10-5-3-4-8-16(10)14(17)12-9-11(18-2)6-7-13(12)15/h6-7,9-10H,3-5,8,15H2,1-2H3. The molecule has 0 aromatic heterocycles. The Morgan fingerprint density at radius 3 is 2.89 bits per heavy atom. The van der Waals surface area contributed by atoms with Gasteiger partial charge in [0, 0.05) is 18.3 Å². The molecule has 0 saturated carbocycles. The molecule has 1 unspecified atom stereocenters. The van der Waals surface area contributed by atoms with Crippen LogP contribution in [0.5, 0.6) is 5.75 Å². The summed E-state index contributed by atoms with van der Waals surface area (Å²) < 4.78 is 5.15. The third-order valence-corrected chi connectivity index (χ3v) is 3.55. The maximum absolute atomic E-state index is 12.5. The predicted molar refractivity (Wildman–Crippen MR) is 71.8 cm³/mol. The molecule has 98 valence electrons. The molecule has 4 heteroatoms. The SMILES string of the molecule is COc1ccc(N)c(C(=O)N2CCCCC2C)c1. The molecule has 0 radical (unpaired) electrons. The van der Waals surface area contributed by atoms with Crippen LogP contribution >= 0.6 is 0 Å². The fourth-order valence-electron chi connectivity index (χ4n) is 2.40. The van der Waals surface area contributed by atoms with E-state index in [1.807, 2.05) is 4.90 Å². The van der Waals surface area contributed by atoms with Crippen LogP contribution in [0.25, 0.3) is 0 Å². The summed E-state index contributed by atoms with van der Waals surface area (Å²) in [6, 6.07) is 5.50. The number of hydrogen-bond acceptors (Lipinski definition) is 3. The van der Waals surface area contributed by atoms with E-state index < -0.39 is 0 Å². The van der Waals surface area contributed by atoms with Crippen molar-refractivity contribution in [1.82, 2.24) is 4.90 Å². The fraction of sp³-hybridized carbons (Fsp3) is 0.500. The van der Waals surface area contributed by atoms with Crippen molar-refractivity contribution in [2.45, 2.75) is 32.2 Å². The molecule has 0 aliphatic carbocycles. The number of anilines is 1. The molecule has 2 rings (SSSR count). The van der Waals surface area contributed by atoms with Gasteiger partial charge >= 0.3 is 0 Å². The van der Waals surface area contributed by atoms with E-state index >= 15 is 0 Å². The first-order valence-electron chi connectivity index (χ1n) is 6.38. The minimum Gasteiger partial charge on any atom is -0.497 e. The maximum Gasteiger partial charge on any atom is 0.256 e. The number of carbonyl (C=O) groups excluding carboxylic acids is 1. The van der Waals surface area contributed by atoms with E-state index in [0.29, 0.717) is 17.0 Å². The largest absolute Gasteiger partial charge is 0.497 e. The van der Waals surface area contributed by atoms with Crippen LogP contribution in [0, 0.1) is 0 Å². The number of carbonyl (C=O) groups is 1. The maximum atomic E-state index is 12.5. The van der Waals surface area contributed by atoms with Crippen molar-refractivity contribution in [1.29, 1.82) is 0 Å². The van der Waals surface area contributed by atoms with E-state index in [4.69, 9.17) is 10.5 Å². The number of nitrogens with two attached hydrogens (primary N) is 1. The van der Waals surface area contributed by atoms with Crippen LogP contribution in [0.3, 0.4) is 0 Å². The quantitative estimate of drug-likeness (QED) is 0.817. The number of benzene rings is 1. The molecule has 1 aliphatic heterocycles. The van der Waals surface area contributed by atoms with Gasteiger partial charge in [-0.15, -0.1) is 0 Å². The zero-order valence-corrected chi connectivity index (χ0v) is 11.0. The third-order valence-electron chi connectivity index (χ3n) is 3.55. The summed E-state index contributed by atoms with van der Waals surface area (Å²) in [5.41, 5.74) is 6.95. The van der Waals surface area contributed by atoms with E-state index in [9.17, 15) is 4.79 Å². The molecule has 1 aromatic carbocycles. The Hall–Kier alpha value is -1.71. The summed E-state index contributed by atoms with van der Waals surface area (Å²) in [5.74, 6) is 0.677. The zero-order chi connectivity index (χ0) is 13.1. The Morgan fingerprint density at radius 1 is 1.44 bits per heavy atom. The van der Waals surface area contributed by atoms with Gasteiger partial charge in [-0.25, -0.2) is 0 Å². The van der Waals surface area contributed by atoms with Gasteiger partial charge in [0.1, 0.15) is 5.75 Å². The summed E-state index contributed by atoms with van der Waals surface area (Å²) in [5, 5.41) is 0. The van der Waals surface area contributed by atoms with Crippen molar-refractivity contribution in [2.24, 2.45) is 0 Å². The number of ether oxygens (including phenoxy) is 1. The van der Waals surface area contributed by atoms with Gasteiger partial charge in [0.2, 0.25) is 0 Å². The number of likely N-dealkylation sites (tertiary alicyclic amines) is 1. The number of nitrogens with zero attached hydrogens (tertiary/aromatic N) is 1. The normalized spacial score (nSPS) is 19.7. The Balaban J connectivity index is 2.27. The molecule has 1 aromatic rings. The van der Waals surface area contributed by atoms with Crippen molar-refractivity contribution < 1.29 is 9.53 Å². The summed E-state index contributed by atoms with van der Waals surface area (Å²) in [6.07, 6.45) is 3.33. The Bertz CT molecular complexity index is 445. The topological polar surface area (TPSA) is 55.6 Å². The van der Waals surface area contributed by atoms with E-state index in [1.165, 1.54) is 6.42 Å². The van der Waals surface area contributed by atoms with Gasteiger partial charge in [-0.1, -0.05) is 0 Å². The predicted octanol–water partition coefficient (Wildman–Crippen LogP) is 2.29. The van der Waals surface area contributed by atoms with Crippen molar-refractivity contribution in [3.63, 3.8) is 0 Å². The molecule has 0 spiro atoms. The van der Waals surface area contributed by atoms with E-state index in [1.54, 1.807) is 25.3 Å². The molecule has 1 amide bonds. The van der Waals surface area contributed by atoms with Crippen LogP contribution in [0.2, 0.25) is 0 Å². The zero-order valence-electron chi connectivity index (χ0n) is 11.0. The highest BCUT2D eigenvalue weighted by Gasteiger charge is 2.25. The molecule has 1 saturated heterocycles. The number of hydrogen-bond donors (Lipinski definition) is 1. The molecule has 0 bridgehead atoms. The Kier molecular flexibility index (Phi) is 3.75. The van der Waals surface area contributed by atoms with Crippen LogP contribution in [0.1, 0.15) is 36.5 Å². The first kappa shape index (κ1) is 12.7. The summed E-state index contributed by atoms with van der Waals surface area (Å²) in [6.45, 7) is 2.91. The average Bonchev–Trinajstić information content (AvgIpc) is 2.39. The van der Waals surface area contributed by atoms with Crippen LogP contribution in [0.4, 0.5) is 5.69 Å². The van der Waals surface area contributed by atoms with Crippen LogP contribution < -0.4 is 10.5 Å². The lowest BCUT2D eigenvalue weighted by atomic mass is 10.0. The Labute approximate surface area is 108 Å². The van der Waals surface area contributed by atoms with Gasteiger partial charge in [0.05, 0.1) is 12.7 Å². The molecule has 1 fully saturated rings. The first-order chi connectivity index (χ1) is 8.63. The van der Waals surface area contributed by atoms with Gasteiger partial charge in [0.25, 0.3) is 5.91 Å². The minimum atomic E-state index is 0.0126. The summed E-state index contributed by atoms with van der Waals surface area (Å²) >= 11 is 0. The molecule has 18 heavy (non-hydrogen) atoms. The van der Waals surface area contributed by atoms with E-state index in [0.717, 1.165) is 19.4 Å². The summed E-state index contributed by atoms with van der Waals surface area (Å²) in [7, 11) is 1.59. The van der Waals surface area contributed by atoms with Crippen LogP contribution in [-0.4, -0.2) is 30.5 Å². The molecule has 1 aliphatic rings. The number of nitrogen functional groups attached to an aromatic ring is 1. The third kappa shape index (κ3) is 2.42. The minimum absolute atomic E-state index is 0.0126. The summed E-state index contributed by atoms with van der Waals surface area (Å²) in [4.78, 5) is 14.4. The second-order valence-electron chi connectivity index (χ2n) is 4.80. The van der Waals surface area contributed by atoms with Crippen LogP contribution in [-0.2, 0) is 0 Å². The highest BCUT2D eigenvalue weighted by Crippen LogP contribution is 2.24. The van der Waals surface area contributed by atoms with Crippen LogP contribution in [0.15, 0.2) is 18.2 Å². The lowest BCUT2D eigenvalue weighted by Crippen LogP contribution is -2.42.